The van der Waals surface area contributed by atoms with Gasteiger partial charge in [-0.3, -0.25) is 4.79 Å². The van der Waals surface area contributed by atoms with E-state index in [1.165, 1.54) is 0 Å². The third-order valence-electron chi connectivity index (χ3n) is 1.83. The lowest BCUT2D eigenvalue weighted by molar-refractivity contribution is -0.119. The van der Waals surface area contributed by atoms with Gasteiger partial charge in [-0.1, -0.05) is 13.8 Å². The van der Waals surface area contributed by atoms with Crippen LogP contribution in [0.1, 0.15) is 26.7 Å². The number of hydrogen-bond donors (Lipinski definition) is 1. The average molecular weight is 127 g/mol. The zero-order chi connectivity index (χ0) is 6.85. The van der Waals surface area contributed by atoms with Crippen molar-refractivity contribution >= 4 is 5.91 Å². The average Bonchev–Trinajstić information content (AvgIpc) is 2.14. The second-order valence-electron chi connectivity index (χ2n) is 2.96. The predicted octanol–water partition coefficient (Wildman–Crippen LogP) is 0.921. The van der Waals surface area contributed by atoms with Gasteiger partial charge in [0.05, 0.1) is 0 Å². The summed E-state index contributed by atoms with van der Waals surface area (Å²) in [5, 5.41) is 2.91. The summed E-state index contributed by atoms with van der Waals surface area (Å²) >= 11 is 0. The van der Waals surface area contributed by atoms with Gasteiger partial charge in [-0.2, -0.15) is 0 Å². The second-order valence-corrected chi connectivity index (χ2v) is 2.96. The molecule has 2 nitrogen and oxygen atoms in total. The van der Waals surface area contributed by atoms with Crippen LogP contribution in [0.5, 0.6) is 0 Å². The molecule has 1 N–H and O–H groups in total. The van der Waals surface area contributed by atoms with Gasteiger partial charge in [0.2, 0.25) is 5.91 Å². The first-order valence-electron chi connectivity index (χ1n) is 3.49. The van der Waals surface area contributed by atoms with Crippen LogP contribution in [0.2, 0.25) is 0 Å². The van der Waals surface area contributed by atoms with E-state index in [-0.39, 0.29) is 5.91 Å². The van der Waals surface area contributed by atoms with Gasteiger partial charge in [-0.25, -0.2) is 0 Å². The summed E-state index contributed by atoms with van der Waals surface area (Å²) in [4.78, 5) is 10.6. The van der Waals surface area contributed by atoms with Gasteiger partial charge in [0, 0.05) is 12.5 Å². The Balaban J connectivity index is 2.39. The Hall–Kier alpha value is -0.530. The first-order valence-corrected chi connectivity index (χ1v) is 3.49. The fourth-order valence-electron chi connectivity index (χ4n) is 1.14. The fourth-order valence-corrected chi connectivity index (χ4v) is 1.14. The van der Waals surface area contributed by atoms with Crippen molar-refractivity contribution in [2.24, 2.45) is 5.92 Å². The molecule has 9 heavy (non-hydrogen) atoms. The summed E-state index contributed by atoms with van der Waals surface area (Å²) in [6, 6.07) is 0.442. The van der Waals surface area contributed by atoms with Gasteiger partial charge in [-0.15, -0.1) is 0 Å². The maximum atomic E-state index is 10.6. The van der Waals surface area contributed by atoms with Gasteiger partial charge in [0.1, 0.15) is 0 Å². The van der Waals surface area contributed by atoms with E-state index in [2.05, 4.69) is 19.2 Å². The Kier molecular flexibility index (Phi) is 1.74. The molecule has 1 fully saturated rings. The number of carbonyl (C=O) groups is 1. The Morgan fingerprint density at radius 2 is 2.33 bits per heavy atom. The minimum atomic E-state index is 0.216. The standard InChI is InChI=1S/C7H13NO/c1-5(2)6-3-4-7(9)8-6/h5-6H,3-4H2,1-2H3,(H,8,9). The zero-order valence-corrected chi connectivity index (χ0v) is 5.98. The van der Waals surface area contributed by atoms with Crippen LogP contribution in [-0.2, 0) is 4.79 Å². The molecule has 0 aromatic rings. The molecule has 0 bridgehead atoms. The van der Waals surface area contributed by atoms with Crippen molar-refractivity contribution < 1.29 is 4.79 Å². The SMILES string of the molecule is CC(C)C1CCC(=O)N1. The number of rotatable bonds is 1. The molecular formula is C7H13NO. The monoisotopic (exact) mass is 127 g/mol. The molecule has 1 amide bonds. The molecule has 1 aliphatic heterocycles. The van der Waals surface area contributed by atoms with Crippen LogP contribution >= 0.6 is 0 Å². The van der Waals surface area contributed by atoms with Crippen molar-refractivity contribution in [2.75, 3.05) is 0 Å². The molecular weight excluding hydrogens is 114 g/mol. The summed E-state index contributed by atoms with van der Waals surface area (Å²) in [6.45, 7) is 4.27. The van der Waals surface area contributed by atoms with Crippen molar-refractivity contribution in [3.05, 3.63) is 0 Å². The van der Waals surface area contributed by atoms with E-state index in [4.69, 9.17) is 0 Å². The van der Waals surface area contributed by atoms with Crippen molar-refractivity contribution in [1.29, 1.82) is 0 Å². The molecule has 0 aromatic heterocycles. The molecule has 1 rings (SSSR count). The molecule has 0 spiro atoms. The first-order chi connectivity index (χ1) is 4.20. The highest BCUT2D eigenvalue weighted by atomic mass is 16.1. The van der Waals surface area contributed by atoms with E-state index in [9.17, 15) is 4.79 Å². The smallest absolute Gasteiger partial charge is 0.220 e. The maximum Gasteiger partial charge on any atom is 0.220 e. The molecule has 2 heteroatoms. The van der Waals surface area contributed by atoms with Crippen molar-refractivity contribution in [2.45, 2.75) is 32.7 Å². The van der Waals surface area contributed by atoms with E-state index in [0.29, 0.717) is 12.0 Å². The van der Waals surface area contributed by atoms with Crippen LogP contribution in [0.25, 0.3) is 0 Å². The Morgan fingerprint density at radius 1 is 1.67 bits per heavy atom. The van der Waals surface area contributed by atoms with Crippen LogP contribution in [0.3, 0.4) is 0 Å². The molecule has 1 saturated heterocycles. The number of amides is 1. The molecule has 1 heterocycles. The summed E-state index contributed by atoms with van der Waals surface area (Å²) in [6.07, 6.45) is 1.75. The number of nitrogens with one attached hydrogen (secondary N) is 1. The normalized spacial score (nSPS) is 27.0. The van der Waals surface area contributed by atoms with Crippen LogP contribution in [0.4, 0.5) is 0 Å². The largest absolute Gasteiger partial charge is 0.353 e. The Labute approximate surface area is 55.6 Å². The zero-order valence-electron chi connectivity index (χ0n) is 5.98. The number of carbonyl (C=O) groups excluding carboxylic acids is 1. The number of hydrogen-bond acceptors (Lipinski definition) is 1. The summed E-state index contributed by atoms with van der Waals surface area (Å²) < 4.78 is 0. The minimum Gasteiger partial charge on any atom is -0.353 e. The lowest BCUT2D eigenvalue weighted by Crippen LogP contribution is -2.29. The molecule has 1 atom stereocenters. The molecule has 0 saturated carbocycles. The highest BCUT2D eigenvalue weighted by Gasteiger charge is 2.22. The maximum absolute atomic E-state index is 10.6. The third-order valence-corrected chi connectivity index (χ3v) is 1.83. The quantitative estimate of drug-likeness (QED) is 0.557. The van der Waals surface area contributed by atoms with Crippen molar-refractivity contribution in [1.82, 2.24) is 5.32 Å². The van der Waals surface area contributed by atoms with Crippen LogP contribution in [-0.4, -0.2) is 11.9 Å². The Bertz CT molecular complexity index is 120. The predicted molar refractivity (Wildman–Crippen MR) is 36.0 cm³/mol. The van der Waals surface area contributed by atoms with E-state index < -0.39 is 0 Å². The molecule has 0 aliphatic carbocycles. The van der Waals surface area contributed by atoms with Crippen LogP contribution in [0.15, 0.2) is 0 Å². The fraction of sp³-hybridized carbons (Fsp3) is 0.857. The van der Waals surface area contributed by atoms with Gasteiger partial charge >= 0.3 is 0 Å². The third kappa shape index (κ3) is 1.44. The lowest BCUT2D eigenvalue weighted by atomic mass is 10.0. The molecule has 52 valence electrons. The lowest BCUT2D eigenvalue weighted by Gasteiger charge is -2.12. The highest BCUT2D eigenvalue weighted by molar-refractivity contribution is 5.78. The van der Waals surface area contributed by atoms with Crippen LogP contribution < -0.4 is 5.32 Å². The minimum absolute atomic E-state index is 0.216. The van der Waals surface area contributed by atoms with Crippen molar-refractivity contribution in [3.63, 3.8) is 0 Å². The Morgan fingerprint density at radius 3 is 2.56 bits per heavy atom. The topological polar surface area (TPSA) is 29.1 Å². The van der Waals surface area contributed by atoms with Gasteiger partial charge in [0.15, 0.2) is 0 Å². The van der Waals surface area contributed by atoms with Gasteiger partial charge in [0.25, 0.3) is 0 Å². The summed E-state index contributed by atoms with van der Waals surface area (Å²) in [5.74, 6) is 0.810. The van der Waals surface area contributed by atoms with E-state index in [1.54, 1.807) is 0 Å². The molecule has 1 aliphatic rings. The van der Waals surface area contributed by atoms with E-state index >= 15 is 0 Å². The molecule has 1 unspecified atom stereocenters. The van der Waals surface area contributed by atoms with Crippen molar-refractivity contribution in [3.8, 4) is 0 Å². The summed E-state index contributed by atoms with van der Waals surface area (Å²) in [5.41, 5.74) is 0. The second kappa shape index (κ2) is 2.38. The molecule has 0 radical (unpaired) electrons. The van der Waals surface area contributed by atoms with E-state index in [1.807, 2.05) is 0 Å². The van der Waals surface area contributed by atoms with E-state index in [0.717, 1.165) is 12.8 Å². The first kappa shape index (κ1) is 6.59. The molecule has 0 aromatic carbocycles. The van der Waals surface area contributed by atoms with Crippen LogP contribution in [0, 0.1) is 5.92 Å². The van der Waals surface area contributed by atoms with Gasteiger partial charge in [-0.05, 0) is 12.3 Å². The highest BCUT2D eigenvalue weighted by Crippen LogP contribution is 2.13. The summed E-state index contributed by atoms with van der Waals surface area (Å²) in [7, 11) is 0. The van der Waals surface area contributed by atoms with Gasteiger partial charge < -0.3 is 5.32 Å².